The molecule has 4 rings (SSSR count). The third-order valence-corrected chi connectivity index (χ3v) is 6.73. The van der Waals surface area contributed by atoms with Crippen molar-refractivity contribution in [2.24, 2.45) is 5.92 Å². The number of nitrogens with one attached hydrogen (secondary N) is 3. The van der Waals surface area contributed by atoms with Crippen molar-refractivity contribution in [3.05, 3.63) is 29.6 Å². The predicted octanol–water partition coefficient (Wildman–Crippen LogP) is 1.95. The standard InChI is InChI=1S/C22H29FN4O4/c23-18-9-14(17-2-4-20(28)26-21(17)29)1-3-19(18)27-7-5-13(6-8-27)12-24-15-10-16(11-15)25-22(30)31/h1,3,9,13,15-17,24-25H,2,4-8,10-12H2,(H,30,31)(H,26,28,29). The first-order valence-electron chi connectivity index (χ1n) is 11.0. The summed E-state index contributed by atoms with van der Waals surface area (Å²) < 4.78 is 14.8. The van der Waals surface area contributed by atoms with Gasteiger partial charge in [-0.15, -0.1) is 0 Å². The van der Waals surface area contributed by atoms with Crippen LogP contribution in [0.15, 0.2) is 18.2 Å². The van der Waals surface area contributed by atoms with Crippen LogP contribution in [0.2, 0.25) is 0 Å². The number of hydrogen-bond donors (Lipinski definition) is 4. The summed E-state index contributed by atoms with van der Waals surface area (Å²) in [7, 11) is 0. The Kier molecular flexibility index (Phi) is 6.41. The molecule has 3 aliphatic rings. The first-order valence-corrected chi connectivity index (χ1v) is 11.0. The molecule has 0 bridgehead atoms. The summed E-state index contributed by atoms with van der Waals surface area (Å²) in [6, 6.07) is 5.40. The lowest BCUT2D eigenvalue weighted by Gasteiger charge is -2.38. The Balaban J connectivity index is 1.24. The number of carboxylic acid groups (broad SMARTS) is 1. The third-order valence-electron chi connectivity index (χ3n) is 6.73. The molecule has 0 spiro atoms. The maximum absolute atomic E-state index is 14.8. The highest BCUT2D eigenvalue weighted by molar-refractivity contribution is 6.00. The lowest BCUT2D eigenvalue weighted by atomic mass is 9.86. The predicted molar refractivity (Wildman–Crippen MR) is 112 cm³/mol. The Morgan fingerprint density at radius 2 is 1.90 bits per heavy atom. The summed E-state index contributed by atoms with van der Waals surface area (Å²) in [6.07, 6.45) is 3.31. The van der Waals surface area contributed by atoms with Crippen LogP contribution in [0.5, 0.6) is 0 Å². The number of carbonyl (C=O) groups is 3. The molecule has 4 N–H and O–H groups in total. The van der Waals surface area contributed by atoms with Crippen LogP contribution in [0.1, 0.15) is 50.0 Å². The summed E-state index contributed by atoms with van der Waals surface area (Å²) in [5, 5.41) is 17.1. The van der Waals surface area contributed by atoms with Crippen molar-refractivity contribution < 1.29 is 23.9 Å². The van der Waals surface area contributed by atoms with Gasteiger partial charge in [-0.2, -0.15) is 0 Å². The molecule has 168 valence electrons. The number of amides is 3. The minimum absolute atomic E-state index is 0.0583. The Bertz CT molecular complexity index is 850. The van der Waals surface area contributed by atoms with Gasteiger partial charge in [-0.1, -0.05) is 6.07 Å². The summed E-state index contributed by atoms with van der Waals surface area (Å²) in [6.45, 7) is 2.44. The van der Waals surface area contributed by atoms with Crippen molar-refractivity contribution in [3.8, 4) is 0 Å². The summed E-state index contributed by atoms with van der Waals surface area (Å²) in [4.78, 5) is 36.0. The van der Waals surface area contributed by atoms with E-state index < -0.39 is 12.0 Å². The number of nitrogens with zero attached hydrogens (tertiary/aromatic N) is 1. The van der Waals surface area contributed by atoms with E-state index in [2.05, 4.69) is 20.9 Å². The molecule has 1 unspecified atom stereocenters. The molecule has 1 aromatic rings. The average Bonchev–Trinajstić information content (AvgIpc) is 2.70. The first-order chi connectivity index (χ1) is 14.9. The molecule has 3 amide bonds. The monoisotopic (exact) mass is 432 g/mol. The van der Waals surface area contributed by atoms with E-state index in [1.807, 2.05) is 0 Å². The molecule has 0 radical (unpaired) electrons. The quantitative estimate of drug-likeness (QED) is 0.512. The van der Waals surface area contributed by atoms with Crippen molar-refractivity contribution in [1.29, 1.82) is 0 Å². The minimum atomic E-state index is -0.965. The number of rotatable bonds is 6. The van der Waals surface area contributed by atoms with Crippen LogP contribution < -0.4 is 20.9 Å². The van der Waals surface area contributed by atoms with Crippen LogP contribution in [0, 0.1) is 11.7 Å². The Morgan fingerprint density at radius 1 is 1.16 bits per heavy atom. The van der Waals surface area contributed by atoms with Crippen LogP contribution in [0.3, 0.4) is 0 Å². The summed E-state index contributed by atoms with van der Waals surface area (Å²) in [5.41, 5.74) is 1.17. The van der Waals surface area contributed by atoms with Gasteiger partial charge in [-0.05, 0) is 62.3 Å². The molecule has 1 saturated carbocycles. The maximum Gasteiger partial charge on any atom is 0.404 e. The number of benzene rings is 1. The van der Waals surface area contributed by atoms with E-state index in [9.17, 15) is 18.8 Å². The van der Waals surface area contributed by atoms with E-state index >= 15 is 0 Å². The fourth-order valence-corrected chi connectivity index (χ4v) is 4.80. The summed E-state index contributed by atoms with van der Waals surface area (Å²) >= 11 is 0. The lowest BCUT2D eigenvalue weighted by molar-refractivity contribution is -0.134. The highest BCUT2D eigenvalue weighted by Gasteiger charge is 2.31. The number of hydrogen-bond acceptors (Lipinski definition) is 5. The van der Waals surface area contributed by atoms with Crippen LogP contribution in [0.4, 0.5) is 14.9 Å². The van der Waals surface area contributed by atoms with Gasteiger partial charge in [0.1, 0.15) is 5.82 Å². The number of piperidine rings is 2. The largest absolute Gasteiger partial charge is 0.465 e. The van der Waals surface area contributed by atoms with Crippen LogP contribution in [-0.2, 0) is 9.59 Å². The van der Waals surface area contributed by atoms with Crippen molar-refractivity contribution in [2.75, 3.05) is 24.5 Å². The fourth-order valence-electron chi connectivity index (χ4n) is 4.80. The van der Waals surface area contributed by atoms with Gasteiger partial charge in [0, 0.05) is 31.6 Å². The van der Waals surface area contributed by atoms with Crippen LogP contribution in [-0.4, -0.2) is 54.7 Å². The smallest absolute Gasteiger partial charge is 0.404 e. The highest BCUT2D eigenvalue weighted by Crippen LogP contribution is 2.31. The topological polar surface area (TPSA) is 111 Å². The molecule has 0 aromatic heterocycles. The van der Waals surface area contributed by atoms with Gasteiger partial charge in [0.2, 0.25) is 11.8 Å². The molecule has 31 heavy (non-hydrogen) atoms. The molecule has 8 nitrogen and oxygen atoms in total. The van der Waals surface area contributed by atoms with Gasteiger partial charge in [0.15, 0.2) is 0 Å². The Hall–Kier alpha value is -2.68. The van der Waals surface area contributed by atoms with Crippen molar-refractivity contribution in [2.45, 2.75) is 56.5 Å². The maximum atomic E-state index is 14.8. The number of imide groups is 1. The van der Waals surface area contributed by atoms with Gasteiger partial charge in [-0.25, -0.2) is 9.18 Å². The fraction of sp³-hybridized carbons (Fsp3) is 0.591. The molecule has 2 heterocycles. The zero-order valence-corrected chi connectivity index (χ0v) is 17.4. The average molecular weight is 432 g/mol. The SMILES string of the molecule is O=C(O)NC1CC(NCC2CCN(c3ccc(C4CCC(=O)NC4=O)cc3F)CC2)C1. The Morgan fingerprint density at radius 3 is 2.55 bits per heavy atom. The van der Waals surface area contributed by atoms with E-state index in [1.165, 1.54) is 6.07 Å². The zero-order valence-electron chi connectivity index (χ0n) is 17.4. The van der Waals surface area contributed by atoms with Crippen LogP contribution in [0.25, 0.3) is 0 Å². The molecule has 9 heteroatoms. The molecule has 1 atom stereocenters. The zero-order chi connectivity index (χ0) is 22.0. The van der Waals surface area contributed by atoms with E-state index in [4.69, 9.17) is 5.11 Å². The molecule has 3 fully saturated rings. The molecular formula is C22H29FN4O4. The van der Waals surface area contributed by atoms with Gasteiger partial charge in [0.05, 0.1) is 11.6 Å². The third kappa shape index (κ3) is 5.15. The van der Waals surface area contributed by atoms with Gasteiger partial charge in [-0.3, -0.25) is 14.9 Å². The molecule has 1 aromatic carbocycles. The van der Waals surface area contributed by atoms with Gasteiger partial charge >= 0.3 is 6.09 Å². The highest BCUT2D eigenvalue weighted by atomic mass is 19.1. The number of halogens is 1. The van der Waals surface area contributed by atoms with E-state index in [-0.39, 0.29) is 30.1 Å². The van der Waals surface area contributed by atoms with E-state index in [0.717, 1.165) is 45.3 Å². The van der Waals surface area contributed by atoms with Crippen molar-refractivity contribution in [3.63, 3.8) is 0 Å². The molecule has 2 aliphatic heterocycles. The van der Waals surface area contributed by atoms with E-state index in [0.29, 0.717) is 29.6 Å². The minimum Gasteiger partial charge on any atom is -0.465 e. The second-order valence-corrected chi connectivity index (χ2v) is 8.87. The molecule has 2 saturated heterocycles. The van der Waals surface area contributed by atoms with Gasteiger partial charge < -0.3 is 20.6 Å². The lowest BCUT2D eigenvalue weighted by Crippen LogP contribution is -2.53. The number of carbonyl (C=O) groups excluding carboxylic acids is 2. The van der Waals surface area contributed by atoms with Crippen LogP contribution >= 0.6 is 0 Å². The second-order valence-electron chi connectivity index (χ2n) is 8.87. The second kappa shape index (κ2) is 9.21. The van der Waals surface area contributed by atoms with Crippen molar-refractivity contribution in [1.82, 2.24) is 16.0 Å². The Labute approximate surface area is 180 Å². The van der Waals surface area contributed by atoms with Crippen molar-refractivity contribution >= 4 is 23.6 Å². The first kappa shape index (κ1) is 21.5. The number of anilines is 1. The molecular weight excluding hydrogens is 403 g/mol. The normalized spacial score (nSPS) is 26.9. The van der Waals surface area contributed by atoms with E-state index in [1.54, 1.807) is 12.1 Å². The molecule has 1 aliphatic carbocycles. The summed E-state index contributed by atoms with van der Waals surface area (Å²) in [5.74, 6) is -0.911. The van der Waals surface area contributed by atoms with Gasteiger partial charge in [0.25, 0.3) is 0 Å².